The second-order valence-corrected chi connectivity index (χ2v) is 9.61. The largest absolute Gasteiger partial charge is 0.497 e. The molecule has 2 aromatic rings. The van der Waals surface area contributed by atoms with E-state index in [-0.39, 0.29) is 23.0 Å². The van der Waals surface area contributed by atoms with Crippen LogP contribution in [0.2, 0.25) is 0 Å². The Kier molecular flexibility index (Phi) is 6.61. The van der Waals surface area contributed by atoms with Gasteiger partial charge in [0, 0.05) is 42.8 Å². The topological polar surface area (TPSA) is 66.9 Å². The number of piperazine rings is 1. The molecule has 2 aromatic carbocycles. The number of rotatable bonds is 6. The van der Waals surface area contributed by atoms with Crippen LogP contribution in [-0.4, -0.2) is 58.3 Å². The SMILES string of the molecule is COc1ccc(N2CCN(C(=O)CCS(=O)(=O)c3ccc(Br)cc3)CC2)cc1. The molecule has 1 aliphatic rings. The van der Waals surface area contributed by atoms with Crippen molar-refractivity contribution >= 4 is 37.4 Å². The van der Waals surface area contributed by atoms with Crippen molar-refractivity contribution < 1.29 is 17.9 Å². The summed E-state index contributed by atoms with van der Waals surface area (Å²) in [6, 6.07) is 14.3. The first-order valence-electron chi connectivity index (χ1n) is 9.04. The van der Waals surface area contributed by atoms with Crippen molar-refractivity contribution in [3.63, 3.8) is 0 Å². The molecule has 1 aliphatic heterocycles. The van der Waals surface area contributed by atoms with Gasteiger partial charge in [-0.25, -0.2) is 8.42 Å². The Balaban J connectivity index is 1.51. The van der Waals surface area contributed by atoms with Gasteiger partial charge in [0.25, 0.3) is 0 Å². The number of sulfone groups is 1. The van der Waals surface area contributed by atoms with Crippen LogP contribution in [-0.2, 0) is 14.6 Å². The molecule has 28 heavy (non-hydrogen) atoms. The van der Waals surface area contributed by atoms with Gasteiger partial charge in [-0.1, -0.05) is 15.9 Å². The van der Waals surface area contributed by atoms with Gasteiger partial charge in [0.05, 0.1) is 17.8 Å². The summed E-state index contributed by atoms with van der Waals surface area (Å²) in [5.41, 5.74) is 1.09. The third kappa shape index (κ3) is 5.05. The number of methoxy groups -OCH3 is 1. The quantitative estimate of drug-likeness (QED) is 0.654. The normalized spacial score (nSPS) is 14.8. The summed E-state index contributed by atoms with van der Waals surface area (Å²) in [7, 11) is -1.83. The summed E-state index contributed by atoms with van der Waals surface area (Å²) in [6.45, 7) is 2.61. The third-order valence-corrected chi connectivity index (χ3v) is 7.09. The van der Waals surface area contributed by atoms with Crippen molar-refractivity contribution in [3.8, 4) is 5.75 Å². The monoisotopic (exact) mass is 466 g/mol. The van der Waals surface area contributed by atoms with Gasteiger partial charge in [0.1, 0.15) is 5.75 Å². The first-order valence-corrected chi connectivity index (χ1v) is 11.5. The second-order valence-electron chi connectivity index (χ2n) is 6.59. The standard InChI is InChI=1S/C20H23BrN2O4S/c1-27-18-6-4-17(5-7-18)22-11-13-23(14-12-22)20(24)10-15-28(25,26)19-8-2-16(21)3-9-19/h2-9H,10-15H2,1H3. The lowest BCUT2D eigenvalue weighted by Gasteiger charge is -2.36. The first-order chi connectivity index (χ1) is 13.4. The minimum absolute atomic E-state index is 0.000926. The molecule has 1 heterocycles. The van der Waals surface area contributed by atoms with Crippen molar-refractivity contribution in [2.45, 2.75) is 11.3 Å². The highest BCUT2D eigenvalue weighted by Gasteiger charge is 2.23. The van der Waals surface area contributed by atoms with E-state index in [1.165, 1.54) is 0 Å². The van der Waals surface area contributed by atoms with Crippen LogP contribution < -0.4 is 9.64 Å². The van der Waals surface area contributed by atoms with Crippen molar-refractivity contribution in [2.24, 2.45) is 0 Å². The molecular weight excluding hydrogens is 444 g/mol. The number of anilines is 1. The van der Waals surface area contributed by atoms with Crippen molar-refractivity contribution in [3.05, 3.63) is 53.0 Å². The summed E-state index contributed by atoms with van der Waals surface area (Å²) < 4.78 is 30.8. The Labute approximate surface area is 174 Å². The molecule has 0 radical (unpaired) electrons. The highest BCUT2D eigenvalue weighted by molar-refractivity contribution is 9.10. The van der Waals surface area contributed by atoms with E-state index in [1.807, 2.05) is 24.3 Å². The molecule has 0 aromatic heterocycles. The fourth-order valence-electron chi connectivity index (χ4n) is 3.15. The number of carbonyl (C=O) groups is 1. The van der Waals surface area contributed by atoms with Gasteiger partial charge in [0.15, 0.2) is 9.84 Å². The van der Waals surface area contributed by atoms with Crippen LogP contribution in [0.4, 0.5) is 5.69 Å². The molecule has 0 bridgehead atoms. The smallest absolute Gasteiger partial charge is 0.223 e. The van der Waals surface area contributed by atoms with E-state index in [0.29, 0.717) is 13.1 Å². The highest BCUT2D eigenvalue weighted by atomic mass is 79.9. The van der Waals surface area contributed by atoms with Crippen LogP contribution >= 0.6 is 15.9 Å². The molecule has 1 amide bonds. The molecule has 0 spiro atoms. The van der Waals surface area contributed by atoms with Gasteiger partial charge >= 0.3 is 0 Å². The van der Waals surface area contributed by atoms with Crippen LogP contribution in [0.3, 0.4) is 0 Å². The average molecular weight is 467 g/mol. The van der Waals surface area contributed by atoms with Gasteiger partial charge in [-0.05, 0) is 48.5 Å². The molecule has 0 atom stereocenters. The zero-order valence-corrected chi connectivity index (χ0v) is 18.1. The number of benzene rings is 2. The highest BCUT2D eigenvalue weighted by Crippen LogP contribution is 2.21. The van der Waals surface area contributed by atoms with Crippen molar-refractivity contribution in [2.75, 3.05) is 43.9 Å². The molecule has 6 nitrogen and oxygen atoms in total. The second kappa shape index (κ2) is 8.96. The van der Waals surface area contributed by atoms with E-state index in [1.54, 1.807) is 36.3 Å². The van der Waals surface area contributed by atoms with Crippen LogP contribution in [0, 0.1) is 0 Å². The molecule has 0 N–H and O–H groups in total. The number of carbonyl (C=O) groups excluding carboxylic acids is 1. The minimum Gasteiger partial charge on any atom is -0.497 e. The molecule has 1 saturated heterocycles. The summed E-state index contributed by atoms with van der Waals surface area (Å²) >= 11 is 3.29. The zero-order valence-electron chi connectivity index (χ0n) is 15.7. The summed E-state index contributed by atoms with van der Waals surface area (Å²) in [5.74, 6) is 0.520. The number of hydrogen-bond acceptors (Lipinski definition) is 5. The van der Waals surface area contributed by atoms with Crippen molar-refractivity contribution in [1.82, 2.24) is 4.90 Å². The summed E-state index contributed by atoms with van der Waals surface area (Å²) in [6.07, 6.45) is 0.000926. The van der Waals surface area contributed by atoms with Crippen LogP contribution in [0.25, 0.3) is 0 Å². The lowest BCUT2D eigenvalue weighted by Crippen LogP contribution is -2.49. The number of halogens is 1. The average Bonchev–Trinajstić information content (AvgIpc) is 2.72. The Morgan fingerprint density at radius 2 is 1.61 bits per heavy atom. The molecular formula is C20H23BrN2O4S. The molecule has 8 heteroatoms. The maximum atomic E-state index is 12.5. The molecule has 0 aliphatic carbocycles. The zero-order chi connectivity index (χ0) is 20.1. The number of nitrogens with zero attached hydrogens (tertiary/aromatic N) is 2. The fraction of sp³-hybridized carbons (Fsp3) is 0.350. The Morgan fingerprint density at radius 1 is 1.00 bits per heavy atom. The number of hydrogen-bond donors (Lipinski definition) is 0. The predicted molar refractivity (Wildman–Crippen MR) is 113 cm³/mol. The van der Waals surface area contributed by atoms with Crippen LogP contribution in [0.5, 0.6) is 5.75 Å². The van der Waals surface area contributed by atoms with Gasteiger partial charge in [0.2, 0.25) is 5.91 Å². The maximum Gasteiger partial charge on any atom is 0.223 e. The van der Waals surface area contributed by atoms with Crippen LogP contribution in [0.1, 0.15) is 6.42 Å². The van der Waals surface area contributed by atoms with E-state index in [4.69, 9.17) is 4.74 Å². The minimum atomic E-state index is -3.46. The van der Waals surface area contributed by atoms with Gasteiger partial charge in [-0.2, -0.15) is 0 Å². The van der Waals surface area contributed by atoms with Gasteiger partial charge < -0.3 is 14.5 Å². The number of ether oxygens (including phenoxy) is 1. The lowest BCUT2D eigenvalue weighted by atomic mass is 10.2. The van der Waals surface area contributed by atoms with E-state index < -0.39 is 9.84 Å². The molecule has 0 saturated carbocycles. The molecule has 0 unspecified atom stereocenters. The van der Waals surface area contributed by atoms with Crippen LogP contribution in [0.15, 0.2) is 57.9 Å². The fourth-order valence-corrected chi connectivity index (χ4v) is 4.64. The predicted octanol–water partition coefficient (Wildman–Crippen LogP) is 2.97. The lowest BCUT2D eigenvalue weighted by molar-refractivity contribution is -0.131. The Bertz CT molecular complexity index is 906. The third-order valence-electron chi connectivity index (χ3n) is 4.83. The molecule has 1 fully saturated rings. The van der Waals surface area contributed by atoms with E-state index in [0.717, 1.165) is 29.0 Å². The Hall–Kier alpha value is -2.06. The van der Waals surface area contributed by atoms with Gasteiger partial charge in [-0.3, -0.25) is 4.79 Å². The maximum absolute atomic E-state index is 12.5. The Morgan fingerprint density at radius 3 is 2.18 bits per heavy atom. The number of amides is 1. The van der Waals surface area contributed by atoms with E-state index in [2.05, 4.69) is 20.8 Å². The van der Waals surface area contributed by atoms with E-state index >= 15 is 0 Å². The first kappa shape index (κ1) is 20.7. The molecule has 3 rings (SSSR count). The van der Waals surface area contributed by atoms with E-state index in [9.17, 15) is 13.2 Å². The summed E-state index contributed by atoms with van der Waals surface area (Å²) in [5, 5.41) is 0. The summed E-state index contributed by atoms with van der Waals surface area (Å²) in [4.78, 5) is 16.7. The molecule has 150 valence electrons. The van der Waals surface area contributed by atoms with Gasteiger partial charge in [-0.15, -0.1) is 0 Å². The van der Waals surface area contributed by atoms with Crippen molar-refractivity contribution in [1.29, 1.82) is 0 Å².